The van der Waals surface area contributed by atoms with Crippen LogP contribution in [0.5, 0.6) is 5.88 Å². The maximum absolute atomic E-state index is 12.0. The number of aryl methyl sites for hydroxylation is 1. The molecule has 0 unspecified atom stereocenters. The number of piperazine rings is 1. The molecule has 0 radical (unpaired) electrons. The topological polar surface area (TPSA) is 147 Å². The van der Waals surface area contributed by atoms with Gasteiger partial charge in [-0.05, 0) is 84.4 Å². The van der Waals surface area contributed by atoms with Crippen LogP contribution in [0.2, 0.25) is 0 Å². The second-order valence-electron chi connectivity index (χ2n) is 12.4. The van der Waals surface area contributed by atoms with Crippen molar-refractivity contribution in [3.8, 4) is 11.9 Å². The van der Waals surface area contributed by atoms with Crippen molar-refractivity contribution < 1.29 is 9.84 Å². The van der Waals surface area contributed by atoms with Crippen LogP contribution in [-0.2, 0) is 11.8 Å². The molecule has 0 bridgehead atoms. The lowest BCUT2D eigenvalue weighted by atomic mass is 9.63. The zero-order valence-electron chi connectivity index (χ0n) is 24.9. The molecule has 2 aromatic rings. The molecule has 4 aliphatic rings. The average Bonchev–Trinajstić information content (AvgIpc) is 3.56. The Morgan fingerprint density at radius 2 is 2.07 bits per heavy atom. The SMILES string of the molecule is C[C@@H]1CN(c2cc(O[C@@H](C)[C@@H]3CCCN3C)nc(C(=N)C3=C(O)[C@@]4(CCC3)CCCc3sc(N)c(C#N)c34)n2)CCN1. The Morgan fingerprint density at radius 3 is 2.79 bits per heavy atom. The molecule has 0 amide bonds. The lowest BCUT2D eigenvalue weighted by Crippen LogP contribution is -2.49. The van der Waals surface area contributed by atoms with Gasteiger partial charge >= 0.3 is 0 Å². The van der Waals surface area contributed by atoms with Gasteiger partial charge in [-0.1, -0.05) is 0 Å². The number of likely N-dealkylation sites (tertiary alicyclic amines) is 1. The standard InChI is InChI=1S/C31H42N8O2S/c1-18-17-39(14-12-35-18)24-15-25(41-19(2)22-8-6-13-38(22)3)37-30(36-24)27(33)20-7-4-10-31(28(20)40)11-5-9-23-26(31)21(16-32)29(34)42-23/h15,18-19,22,33,35,40H,4-14,17,34H2,1-3H3/t18-,19+,22+,31+/m1/s1. The first kappa shape index (κ1) is 28.9. The number of nitriles is 1. The number of rotatable bonds is 6. The highest BCUT2D eigenvalue weighted by Gasteiger charge is 2.47. The van der Waals surface area contributed by atoms with Crippen LogP contribution in [0.4, 0.5) is 10.8 Å². The Balaban J connectivity index is 1.39. The molecule has 0 aromatic carbocycles. The minimum absolute atomic E-state index is 0.0658. The molecule has 5 N–H and O–H groups in total. The van der Waals surface area contributed by atoms with Gasteiger partial charge in [-0.25, -0.2) is 4.98 Å². The first-order chi connectivity index (χ1) is 20.2. The summed E-state index contributed by atoms with van der Waals surface area (Å²) in [5.41, 5.74) is 7.63. The van der Waals surface area contributed by atoms with E-state index < -0.39 is 5.41 Å². The highest BCUT2D eigenvalue weighted by molar-refractivity contribution is 7.16. The molecule has 1 spiro atoms. The monoisotopic (exact) mass is 590 g/mol. The number of hydrogen-bond donors (Lipinski definition) is 4. The maximum atomic E-state index is 12.0. The predicted octanol–water partition coefficient (Wildman–Crippen LogP) is 4.29. The van der Waals surface area contributed by atoms with Crippen molar-refractivity contribution >= 4 is 27.9 Å². The van der Waals surface area contributed by atoms with Gasteiger partial charge in [0.15, 0.2) is 5.82 Å². The second kappa shape index (κ2) is 11.5. The number of anilines is 2. The number of likely N-dealkylation sites (N-methyl/N-ethyl adjacent to an activating group) is 1. The molecule has 2 aromatic heterocycles. The Bertz CT molecular complexity index is 1450. The maximum Gasteiger partial charge on any atom is 0.219 e. The number of aliphatic hydroxyl groups excluding tert-OH is 1. The molecule has 2 fully saturated rings. The second-order valence-corrected chi connectivity index (χ2v) is 13.6. The third-order valence-corrected chi connectivity index (χ3v) is 10.8. The molecule has 2 aliphatic heterocycles. The van der Waals surface area contributed by atoms with Crippen molar-refractivity contribution in [2.24, 2.45) is 0 Å². The van der Waals surface area contributed by atoms with Crippen molar-refractivity contribution in [1.82, 2.24) is 20.2 Å². The molecule has 2 saturated heterocycles. The van der Waals surface area contributed by atoms with E-state index in [4.69, 9.17) is 20.4 Å². The van der Waals surface area contributed by atoms with Crippen LogP contribution in [0.3, 0.4) is 0 Å². The molecule has 2 aliphatic carbocycles. The summed E-state index contributed by atoms with van der Waals surface area (Å²) in [7, 11) is 2.13. The van der Waals surface area contributed by atoms with Gasteiger partial charge < -0.3 is 25.8 Å². The van der Waals surface area contributed by atoms with E-state index in [0.29, 0.717) is 40.5 Å². The molecular weight excluding hydrogens is 548 g/mol. The summed E-state index contributed by atoms with van der Waals surface area (Å²) in [5.74, 6) is 1.65. The van der Waals surface area contributed by atoms with Gasteiger partial charge in [0.05, 0.1) is 11.0 Å². The lowest BCUT2D eigenvalue weighted by molar-refractivity contribution is 0.117. The zero-order valence-corrected chi connectivity index (χ0v) is 25.7. The van der Waals surface area contributed by atoms with Crippen LogP contribution in [-0.4, -0.2) is 77.1 Å². The van der Waals surface area contributed by atoms with Crippen molar-refractivity contribution in [3.05, 3.63) is 39.2 Å². The number of aromatic nitrogens is 2. The van der Waals surface area contributed by atoms with E-state index in [1.165, 1.54) is 11.3 Å². The summed E-state index contributed by atoms with van der Waals surface area (Å²) in [6.45, 7) is 7.74. The van der Waals surface area contributed by atoms with E-state index >= 15 is 0 Å². The van der Waals surface area contributed by atoms with Crippen molar-refractivity contribution in [2.45, 2.75) is 88.8 Å². The fourth-order valence-electron chi connectivity index (χ4n) is 7.61. The first-order valence-electron chi connectivity index (χ1n) is 15.3. The van der Waals surface area contributed by atoms with E-state index in [-0.39, 0.29) is 23.4 Å². The fraction of sp³-hybridized carbons (Fsp3) is 0.613. The lowest BCUT2D eigenvalue weighted by Gasteiger charge is -2.41. The number of allylic oxidation sites excluding steroid dienone is 2. The summed E-state index contributed by atoms with van der Waals surface area (Å²) in [6, 6.07) is 4.83. The van der Waals surface area contributed by atoms with Gasteiger partial charge in [0.25, 0.3) is 0 Å². The first-order valence-corrected chi connectivity index (χ1v) is 16.1. The molecule has 4 heterocycles. The molecule has 0 saturated carbocycles. The molecule has 6 rings (SSSR count). The van der Waals surface area contributed by atoms with Gasteiger partial charge in [0, 0.05) is 48.2 Å². The number of nitrogens with two attached hydrogens (primary N) is 1. The van der Waals surface area contributed by atoms with Crippen LogP contribution in [0, 0.1) is 16.7 Å². The highest BCUT2D eigenvalue weighted by Crippen LogP contribution is 2.54. The molecule has 224 valence electrons. The van der Waals surface area contributed by atoms with E-state index in [1.54, 1.807) is 0 Å². The zero-order chi connectivity index (χ0) is 29.6. The number of aliphatic hydroxyl groups is 1. The fourth-order valence-corrected chi connectivity index (χ4v) is 8.77. The number of ether oxygens (including phenoxy) is 1. The number of hydrogen-bond acceptors (Lipinski definition) is 11. The van der Waals surface area contributed by atoms with Crippen LogP contribution >= 0.6 is 11.3 Å². The van der Waals surface area contributed by atoms with Crippen molar-refractivity contribution in [3.63, 3.8) is 0 Å². The van der Waals surface area contributed by atoms with Crippen LogP contribution in [0.15, 0.2) is 17.4 Å². The third kappa shape index (κ3) is 5.03. The Morgan fingerprint density at radius 1 is 1.29 bits per heavy atom. The molecule has 10 nitrogen and oxygen atoms in total. The van der Waals surface area contributed by atoms with Crippen LogP contribution in [0.25, 0.3) is 0 Å². The van der Waals surface area contributed by atoms with Gasteiger partial charge in [-0.3, -0.25) is 10.3 Å². The summed E-state index contributed by atoms with van der Waals surface area (Å²) in [4.78, 5) is 15.3. The number of thiophene rings is 1. The summed E-state index contributed by atoms with van der Waals surface area (Å²) >= 11 is 1.47. The number of nitrogens with one attached hydrogen (secondary N) is 2. The van der Waals surface area contributed by atoms with Crippen LogP contribution < -0.4 is 20.7 Å². The van der Waals surface area contributed by atoms with Crippen molar-refractivity contribution in [2.75, 3.05) is 43.9 Å². The Hall–Kier alpha value is -3.20. The predicted molar refractivity (Wildman–Crippen MR) is 166 cm³/mol. The van der Waals surface area contributed by atoms with Gasteiger partial charge in [0.2, 0.25) is 5.88 Å². The minimum Gasteiger partial charge on any atom is -0.511 e. The number of fused-ring (bicyclic) bond motifs is 2. The summed E-state index contributed by atoms with van der Waals surface area (Å²) in [5, 5.41) is 35.3. The molecule has 11 heteroatoms. The quantitative estimate of drug-likeness (QED) is 0.362. The van der Waals surface area contributed by atoms with Crippen molar-refractivity contribution in [1.29, 1.82) is 10.7 Å². The van der Waals surface area contributed by atoms with E-state index in [9.17, 15) is 15.8 Å². The minimum atomic E-state index is -0.695. The van der Waals surface area contributed by atoms with E-state index in [1.807, 2.05) is 6.07 Å². The highest BCUT2D eigenvalue weighted by atomic mass is 32.1. The molecular formula is C31H42N8O2S. The third-order valence-electron chi connectivity index (χ3n) is 9.71. The van der Waals surface area contributed by atoms with Gasteiger partial charge in [-0.15, -0.1) is 11.3 Å². The van der Waals surface area contributed by atoms with E-state index in [2.05, 4.69) is 42.1 Å². The van der Waals surface area contributed by atoms with Gasteiger partial charge in [-0.2, -0.15) is 10.2 Å². The number of nitrogen functional groups attached to an aromatic ring is 1. The summed E-state index contributed by atoms with van der Waals surface area (Å²) in [6.07, 6.45) is 6.74. The Kier molecular flexibility index (Phi) is 7.89. The molecule has 42 heavy (non-hydrogen) atoms. The van der Waals surface area contributed by atoms with E-state index in [0.717, 1.165) is 87.4 Å². The van der Waals surface area contributed by atoms with Crippen LogP contribution in [0.1, 0.15) is 80.6 Å². The normalized spacial score (nSPS) is 27.1. The Labute approximate surface area is 252 Å². The number of nitrogens with zero attached hydrogens (tertiary/aromatic N) is 5. The largest absolute Gasteiger partial charge is 0.511 e. The van der Waals surface area contributed by atoms with Gasteiger partial charge in [0.1, 0.15) is 34.5 Å². The smallest absolute Gasteiger partial charge is 0.219 e. The summed E-state index contributed by atoms with van der Waals surface area (Å²) < 4.78 is 6.46. The average molecular weight is 591 g/mol. The molecule has 4 atom stereocenters.